The van der Waals surface area contributed by atoms with Crippen LogP contribution in [0, 0.1) is 0 Å². The van der Waals surface area contributed by atoms with Crippen LogP contribution in [0.1, 0.15) is 58.1 Å². The van der Waals surface area contributed by atoms with E-state index in [-0.39, 0.29) is 12.3 Å². The van der Waals surface area contributed by atoms with Crippen LogP contribution in [0.4, 0.5) is 5.82 Å². The fraction of sp³-hybridized carbons (Fsp3) is 0.706. The van der Waals surface area contributed by atoms with Crippen molar-refractivity contribution in [2.45, 2.75) is 64.2 Å². The fourth-order valence-electron chi connectivity index (χ4n) is 3.26. The molecule has 0 aromatic carbocycles. The zero-order chi connectivity index (χ0) is 18.2. The predicted octanol–water partition coefficient (Wildman–Crippen LogP) is 3.42. The van der Waals surface area contributed by atoms with Gasteiger partial charge in [-0.15, -0.1) is 0 Å². The topological polar surface area (TPSA) is 100 Å². The highest BCUT2D eigenvalue weighted by Crippen LogP contribution is 2.31. The number of fused-ring (bicyclic) bond motifs is 1. The molecule has 2 aromatic heterocycles. The van der Waals surface area contributed by atoms with Crippen molar-refractivity contribution < 1.29 is 8.92 Å². The van der Waals surface area contributed by atoms with Crippen molar-refractivity contribution >= 4 is 29.2 Å². The van der Waals surface area contributed by atoms with E-state index in [1.807, 2.05) is 4.57 Å². The van der Waals surface area contributed by atoms with Crippen LogP contribution in [0.3, 0.4) is 0 Å². The Balaban J connectivity index is 1.60. The molecular weight excluding hydrogens is 352 g/mol. The van der Waals surface area contributed by atoms with Gasteiger partial charge < -0.3 is 10.1 Å². The van der Waals surface area contributed by atoms with Gasteiger partial charge >= 0.3 is 0 Å². The second-order valence-electron chi connectivity index (χ2n) is 6.56. The first-order chi connectivity index (χ1) is 12.8. The second kappa shape index (κ2) is 10.1. The summed E-state index contributed by atoms with van der Waals surface area (Å²) < 4.78 is 13.2. The third kappa shape index (κ3) is 4.85. The molecule has 1 aliphatic rings. The molecular formula is C17H28N6O2S. The average molecular weight is 381 g/mol. The van der Waals surface area contributed by atoms with Gasteiger partial charge in [0.2, 0.25) is 0 Å². The first-order valence-electron chi connectivity index (χ1n) is 9.38. The summed E-state index contributed by atoms with van der Waals surface area (Å²) in [6.45, 7) is 3.62. The third-order valence-corrected chi connectivity index (χ3v) is 4.92. The monoisotopic (exact) mass is 380 g/mol. The number of anilines is 1. The van der Waals surface area contributed by atoms with Gasteiger partial charge in [0.15, 0.2) is 17.0 Å². The highest BCUT2D eigenvalue weighted by atomic mass is 32.2. The molecule has 1 aliphatic heterocycles. The number of aromatic nitrogens is 4. The quantitative estimate of drug-likeness (QED) is 0.347. The van der Waals surface area contributed by atoms with E-state index < -0.39 is 0 Å². The minimum atomic E-state index is -0.0758. The Kier molecular flexibility index (Phi) is 7.48. The van der Waals surface area contributed by atoms with E-state index >= 15 is 0 Å². The minimum Gasteiger partial charge on any atom is -0.368 e. The number of hydrogen-bond acceptors (Lipinski definition) is 8. The molecule has 2 atom stereocenters. The molecule has 0 spiro atoms. The van der Waals surface area contributed by atoms with Gasteiger partial charge in [0.1, 0.15) is 12.6 Å². The first kappa shape index (κ1) is 19.3. The van der Waals surface area contributed by atoms with Gasteiger partial charge in [-0.1, -0.05) is 32.6 Å². The largest absolute Gasteiger partial charge is 0.368 e. The van der Waals surface area contributed by atoms with E-state index in [1.54, 1.807) is 12.7 Å². The van der Waals surface area contributed by atoms with E-state index in [4.69, 9.17) is 14.1 Å². The third-order valence-electron chi connectivity index (χ3n) is 4.65. The molecule has 0 amide bonds. The van der Waals surface area contributed by atoms with Crippen LogP contribution < -0.4 is 10.5 Å². The predicted molar refractivity (Wildman–Crippen MR) is 103 cm³/mol. The van der Waals surface area contributed by atoms with Crippen molar-refractivity contribution in [1.29, 1.82) is 0 Å². The van der Waals surface area contributed by atoms with Gasteiger partial charge in [0.05, 0.1) is 31.3 Å². The van der Waals surface area contributed by atoms with Gasteiger partial charge in [0, 0.05) is 6.54 Å². The van der Waals surface area contributed by atoms with Crippen molar-refractivity contribution in [3.63, 3.8) is 0 Å². The zero-order valence-corrected chi connectivity index (χ0v) is 16.1. The summed E-state index contributed by atoms with van der Waals surface area (Å²) in [6.07, 6.45) is 11.4. The van der Waals surface area contributed by atoms with E-state index in [9.17, 15) is 0 Å². The average Bonchev–Trinajstić information content (AvgIpc) is 3.29. The SMILES string of the molecule is CCCCCCCNc1ncnc2c1ncn2C1CCC(COSN)O1. The highest BCUT2D eigenvalue weighted by Gasteiger charge is 2.28. The summed E-state index contributed by atoms with van der Waals surface area (Å²) in [5.41, 5.74) is 1.59. The lowest BCUT2D eigenvalue weighted by molar-refractivity contribution is -0.0128. The molecule has 0 radical (unpaired) electrons. The number of unbranched alkanes of at least 4 members (excludes halogenated alkanes) is 4. The number of imidazole rings is 1. The number of rotatable bonds is 11. The van der Waals surface area contributed by atoms with Crippen molar-refractivity contribution in [2.24, 2.45) is 5.14 Å². The molecule has 3 heterocycles. The molecule has 0 bridgehead atoms. The van der Waals surface area contributed by atoms with Crippen LogP contribution in [0.15, 0.2) is 12.7 Å². The van der Waals surface area contributed by atoms with E-state index in [0.717, 1.165) is 55.0 Å². The Morgan fingerprint density at radius 2 is 2.15 bits per heavy atom. The Morgan fingerprint density at radius 3 is 3.00 bits per heavy atom. The molecule has 2 aromatic rings. The van der Waals surface area contributed by atoms with E-state index in [2.05, 4.69) is 27.2 Å². The maximum Gasteiger partial charge on any atom is 0.167 e. The Morgan fingerprint density at radius 1 is 1.27 bits per heavy atom. The summed E-state index contributed by atoms with van der Waals surface area (Å²) in [7, 11) is 0. The Hall–Kier alpha value is -1.42. The number of ether oxygens (including phenoxy) is 1. The fourth-order valence-corrected chi connectivity index (χ4v) is 3.49. The van der Waals surface area contributed by atoms with Crippen molar-refractivity contribution in [3.8, 4) is 0 Å². The maximum atomic E-state index is 6.04. The van der Waals surface area contributed by atoms with Gasteiger partial charge in [0.25, 0.3) is 0 Å². The van der Waals surface area contributed by atoms with Crippen molar-refractivity contribution in [3.05, 3.63) is 12.7 Å². The molecule has 144 valence electrons. The van der Waals surface area contributed by atoms with Crippen molar-refractivity contribution in [1.82, 2.24) is 19.5 Å². The lowest BCUT2D eigenvalue weighted by Crippen LogP contribution is -2.15. The Labute approximate surface area is 158 Å². The molecule has 8 nitrogen and oxygen atoms in total. The summed E-state index contributed by atoms with van der Waals surface area (Å²) in [5.74, 6) is 0.793. The molecule has 0 saturated carbocycles. The smallest absolute Gasteiger partial charge is 0.167 e. The summed E-state index contributed by atoms with van der Waals surface area (Å²) in [5, 5.41) is 8.70. The van der Waals surface area contributed by atoms with Crippen LogP contribution in [0.25, 0.3) is 11.2 Å². The normalized spacial score (nSPS) is 20.1. The van der Waals surface area contributed by atoms with Crippen LogP contribution in [-0.2, 0) is 8.92 Å². The minimum absolute atomic E-state index is 0.0519. The lowest BCUT2D eigenvalue weighted by atomic mass is 10.1. The number of nitrogens with zero attached hydrogens (tertiary/aromatic N) is 4. The van der Waals surface area contributed by atoms with Crippen LogP contribution in [0.5, 0.6) is 0 Å². The van der Waals surface area contributed by atoms with Crippen LogP contribution >= 0.6 is 12.2 Å². The van der Waals surface area contributed by atoms with E-state index in [1.165, 1.54) is 25.7 Å². The van der Waals surface area contributed by atoms with Crippen LogP contribution in [-0.4, -0.2) is 38.8 Å². The molecule has 0 aliphatic carbocycles. The zero-order valence-electron chi connectivity index (χ0n) is 15.3. The first-order valence-corrected chi connectivity index (χ1v) is 10.2. The Bertz CT molecular complexity index is 682. The molecule has 3 N–H and O–H groups in total. The van der Waals surface area contributed by atoms with Gasteiger partial charge in [-0.3, -0.25) is 13.9 Å². The van der Waals surface area contributed by atoms with Gasteiger partial charge in [-0.05, 0) is 19.3 Å². The van der Waals surface area contributed by atoms with Crippen molar-refractivity contribution in [2.75, 3.05) is 18.5 Å². The lowest BCUT2D eigenvalue weighted by Gasteiger charge is -2.14. The summed E-state index contributed by atoms with van der Waals surface area (Å²) >= 11 is 0.877. The summed E-state index contributed by atoms with van der Waals surface area (Å²) in [4.78, 5) is 13.3. The molecule has 2 unspecified atom stereocenters. The standard InChI is InChI=1S/C17H28N6O2S/c1-2-3-4-5-6-9-19-16-15-17(21-11-20-16)23(12-22-15)14-8-7-13(25-14)10-24-26-18/h11-14H,2-10,18H2,1H3,(H,19,20,21). The number of hydrogen-bond donors (Lipinski definition) is 2. The second-order valence-corrected chi connectivity index (χ2v) is 6.99. The van der Waals surface area contributed by atoms with E-state index in [0.29, 0.717) is 6.61 Å². The molecule has 3 rings (SSSR count). The van der Waals surface area contributed by atoms with Gasteiger partial charge in [-0.25, -0.2) is 15.0 Å². The maximum absolute atomic E-state index is 6.04. The molecule has 26 heavy (non-hydrogen) atoms. The van der Waals surface area contributed by atoms with Gasteiger partial charge in [-0.2, -0.15) is 0 Å². The number of nitrogens with two attached hydrogens (primary N) is 1. The summed E-state index contributed by atoms with van der Waals surface area (Å²) in [6, 6.07) is 0. The molecule has 1 fully saturated rings. The number of nitrogens with one attached hydrogen (secondary N) is 1. The highest BCUT2D eigenvalue weighted by molar-refractivity contribution is 7.92. The van der Waals surface area contributed by atoms with Crippen LogP contribution in [0.2, 0.25) is 0 Å². The molecule has 1 saturated heterocycles. The molecule has 9 heteroatoms.